The van der Waals surface area contributed by atoms with Gasteiger partial charge in [-0.1, -0.05) is 42.5 Å². The van der Waals surface area contributed by atoms with Crippen molar-refractivity contribution in [2.75, 3.05) is 6.61 Å². The maximum absolute atomic E-state index is 13.1. The summed E-state index contributed by atoms with van der Waals surface area (Å²) in [5.41, 5.74) is 1.58. The Kier molecular flexibility index (Phi) is 5.41. The van der Waals surface area contributed by atoms with Crippen LogP contribution in [0.5, 0.6) is 0 Å². The fourth-order valence-corrected chi connectivity index (χ4v) is 4.70. The van der Waals surface area contributed by atoms with E-state index in [-0.39, 0.29) is 6.61 Å². The molecule has 1 aliphatic rings. The first-order valence-electron chi connectivity index (χ1n) is 8.28. The van der Waals surface area contributed by atoms with Gasteiger partial charge in [-0.05, 0) is 41.7 Å². The molecule has 2 aromatic carbocycles. The predicted molar refractivity (Wildman–Crippen MR) is 95.5 cm³/mol. The molecule has 0 aromatic heterocycles. The van der Waals surface area contributed by atoms with Gasteiger partial charge in [0.25, 0.3) is 0 Å². The molecule has 0 fully saturated rings. The topological polar surface area (TPSA) is 66.4 Å². The number of nitrogens with one attached hydrogen (secondary N) is 1. The van der Waals surface area contributed by atoms with Crippen LogP contribution in [0.25, 0.3) is 6.08 Å². The standard InChI is InChI=1S/C19H18F3NO3S/c20-19(21,22)17-5-1-2-6-18(17)27(25,26)23-16-11-14-8-7-13(4-3-9-24)10-15(14)12-16/h1-8,10,16,23-24H,9,11-12H2/b4-3+. The fourth-order valence-electron chi connectivity index (χ4n) is 3.23. The van der Waals surface area contributed by atoms with Crippen LogP contribution < -0.4 is 4.72 Å². The van der Waals surface area contributed by atoms with Crippen LogP contribution in [-0.2, 0) is 29.0 Å². The lowest BCUT2D eigenvalue weighted by molar-refractivity contribution is -0.139. The highest BCUT2D eigenvalue weighted by molar-refractivity contribution is 7.89. The zero-order valence-electron chi connectivity index (χ0n) is 14.2. The van der Waals surface area contributed by atoms with Gasteiger partial charge in [0, 0.05) is 6.04 Å². The summed E-state index contributed by atoms with van der Waals surface area (Å²) < 4.78 is 66.9. The van der Waals surface area contributed by atoms with Crippen molar-refractivity contribution in [3.05, 3.63) is 70.8 Å². The van der Waals surface area contributed by atoms with E-state index in [2.05, 4.69) is 4.72 Å². The van der Waals surface area contributed by atoms with E-state index in [1.165, 1.54) is 6.07 Å². The molecule has 0 saturated heterocycles. The molecule has 4 nitrogen and oxygen atoms in total. The van der Waals surface area contributed by atoms with E-state index in [4.69, 9.17) is 5.11 Å². The Hall–Kier alpha value is -2.16. The van der Waals surface area contributed by atoms with Gasteiger partial charge in [0.2, 0.25) is 10.0 Å². The molecule has 0 aliphatic heterocycles. The van der Waals surface area contributed by atoms with E-state index >= 15 is 0 Å². The molecule has 0 radical (unpaired) electrons. The van der Waals surface area contributed by atoms with E-state index in [1.54, 1.807) is 12.2 Å². The van der Waals surface area contributed by atoms with Gasteiger partial charge in [-0.15, -0.1) is 0 Å². The van der Waals surface area contributed by atoms with Gasteiger partial charge in [-0.3, -0.25) is 0 Å². The zero-order valence-corrected chi connectivity index (χ0v) is 15.0. The van der Waals surface area contributed by atoms with Gasteiger partial charge in [-0.25, -0.2) is 13.1 Å². The lowest BCUT2D eigenvalue weighted by atomic mass is 10.1. The van der Waals surface area contributed by atoms with Gasteiger partial charge in [0.15, 0.2) is 0 Å². The molecule has 0 bridgehead atoms. The van der Waals surface area contributed by atoms with Crippen molar-refractivity contribution in [3.63, 3.8) is 0 Å². The molecule has 144 valence electrons. The number of halogens is 3. The number of hydrogen-bond acceptors (Lipinski definition) is 3. The fraction of sp³-hybridized carbons (Fsp3) is 0.263. The maximum Gasteiger partial charge on any atom is 0.417 e. The first kappa shape index (κ1) is 19.6. The second kappa shape index (κ2) is 7.46. The molecule has 0 spiro atoms. The highest BCUT2D eigenvalue weighted by Crippen LogP contribution is 2.34. The van der Waals surface area contributed by atoms with E-state index in [0.29, 0.717) is 12.8 Å². The second-order valence-electron chi connectivity index (χ2n) is 6.33. The van der Waals surface area contributed by atoms with Crippen molar-refractivity contribution >= 4 is 16.1 Å². The van der Waals surface area contributed by atoms with Crippen LogP contribution in [0, 0.1) is 0 Å². The molecule has 1 unspecified atom stereocenters. The lowest BCUT2D eigenvalue weighted by Gasteiger charge is -2.16. The molecule has 0 saturated carbocycles. The normalized spacial score (nSPS) is 17.4. The zero-order chi connectivity index (χ0) is 19.7. The maximum atomic E-state index is 13.1. The molecule has 8 heteroatoms. The van der Waals surface area contributed by atoms with Crippen molar-refractivity contribution < 1.29 is 26.7 Å². The number of aliphatic hydroxyl groups is 1. The summed E-state index contributed by atoms with van der Waals surface area (Å²) in [5, 5.41) is 8.83. The van der Waals surface area contributed by atoms with Gasteiger partial charge in [0.05, 0.1) is 17.1 Å². The first-order valence-corrected chi connectivity index (χ1v) is 9.77. The third-order valence-corrected chi connectivity index (χ3v) is 5.96. The largest absolute Gasteiger partial charge is 0.417 e. The highest BCUT2D eigenvalue weighted by atomic mass is 32.2. The summed E-state index contributed by atoms with van der Waals surface area (Å²) in [6.45, 7) is -0.0852. The minimum absolute atomic E-state index is 0.0852. The third kappa shape index (κ3) is 4.40. The number of alkyl halides is 3. The minimum atomic E-state index is -4.75. The monoisotopic (exact) mass is 397 g/mol. The molecule has 0 heterocycles. The summed E-state index contributed by atoms with van der Waals surface area (Å²) >= 11 is 0. The van der Waals surface area contributed by atoms with Crippen LogP contribution in [0.3, 0.4) is 0 Å². The molecule has 27 heavy (non-hydrogen) atoms. The summed E-state index contributed by atoms with van der Waals surface area (Å²) in [6.07, 6.45) is -0.615. The quantitative estimate of drug-likeness (QED) is 0.815. The highest BCUT2D eigenvalue weighted by Gasteiger charge is 2.37. The summed E-state index contributed by atoms with van der Waals surface area (Å²) in [5.74, 6) is 0. The molecule has 1 atom stereocenters. The van der Waals surface area contributed by atoms with Crippen LogP contribution in [0.4, 0.5) is 13.2 Å². The Morgan fingerprint density at radius 1 is 1.11 bits per heavy atom. The number of aliphatic hydroxyl groups excluding tert-OH is 1. The molecule has 1 aliphatic carbocycles. The Bertz CT molecular complexity index is 968. The Morgan fingerprint density at radius 2 is 1.81 bits per heavy atom. The van der Waals surface area contributed by atoms with Gasteiger partial charge in [-0.2, -0.15) is 13.2 Å². The van der Waals surface area contributed by atoms with Crippen molar-refractivity contribution in [3.8, 4) is 0 Å². The Morgan fingerprint density at radius 3 is 2.52 bits per heavy atom. The Balaban J connectivity index is 1.81. The van der Waals surface area contributed by atoms with Crippen molar-refractivity contribution in [1.29, 1.82) is 0 Å². The average molecular weight is 397 g/mol. The van der Waals surface area contributed by atoms with Crippen LogP contribution in [0.15, 0.2) is 53.4 Å². The van der Waals surface area contributed by atoms with E-state index in [1.807, 2.05) is 18.2 Å². The average Bonchev–Trinajstić information content (AvgIpc) is 2.99. The number of benzene rings is 2. The van der Waals surface area contributed by atoms with Crippen molar-refractivity contribution in [1.82, 2.24) is 4.72 Å². The van der Waals surface area contributed by atoms with Crippen molar-refractivity contribution in [2.45, 2.75) is 30.0 Å². The molecular formula is C19H18F3NO3S. The van der Waals surface area contributed by atoms with Crippen LogP contribution in [0.2, 0.25) is 0 Å². The van der Waals surface area contributed by atoms with E-state index in [9.17, 15) is 21.6 Å². The van der Waals surface area contributed by atoms with Crippen LogP contribution in [-0.4, -0.2) is 26.2 Å². The lowest BCUT2D eigenvalue weighted by Crippen LogP contribution is -2.36. The number of hydrogen-bond donors (Lipinski definition) is 2. The smallest absolute Gasteiger partial charge is 0.392 e. The Labute approximate surface area is 155 Å². The summed E-state index contributed by atoms with van der Waals surface area (Å²) in [4.78, 5) is -0.764. The van der Waals surface area contributed by atoms with Gasteiger partial charge in [0.1, 0.15) is 0 Å². The second-order valence-corrected chi connectivity index (χ2v) is 8.02. The number of rotatable bonds is 5. The van der Waals surface area contributed by atoms with Crippen LogP contribution in [0.1, 0.15) is 22.3 Å². The molecule has 3 rings (SSSR count). The number of fused-ring (bicyclic) bond motifs is 1. The molecule has 0 amide bonds. The molecule has 2 N–H and O–H groups in total. The van der Waals surface area contributed by atoms with E-state index < -0.39 is 32.7 Å². The third-order valence-electron chi connectivity index (χ3n) is 4.38. The molecular weight excluding hydrogens is 379 g/mol. The summed E-state index contributed by atoms with van der Waals surface area (Å²) in [7, 11) is -4.32. The first-order chi connectivity index (χ1) is 12.7. The minimum Gasteiger partial charge on any atom is -0.392 e. The number of sulfonamides is 1. The van der Waals surface area contributed by atoms with Crippen LogP contribution >= 0.6 is 0 Å². The molecule has 2 aromatic rings. The summed E-state index contributed by atoms with van der Waals surface area (Å²) in [6, 6.07) is 9.25. The van der Waals surface area contributed by atoms with Gasteiger partial charge < -0.3 is 5.11 Å². The van der Waals surface area contributed by atoms with Gasteiger partial charge >= 0.3 is 6.18 Å². The predicted octanol–water partition coefficient (Wildman–Crippen LogP) is 3.16. The van der Waals surface area contributed by atoms with E-state index in [0.717, 1.165) is 34.9 Å². The SMILES string of the molecule is O=S(=O)(NC1Cc2ccc(/C=C/CO)cc2C1)c1ccccc1C(F)(F)F. The van der Waals surface area contributed by atoms with Crippen molar-refractivity contribution in [2.24, 2.45) is 0 Å².